The van der Waals surface area contributed by atoms with Gasteiger partial charge in [0.15, 0.2) is 0 Å². The molecule has 11 heavy (non-hydrogen) atoms. The molecule has 0 saturated carbocycles. The molecule has 1 atom stereocenters. The molecule has 0 spiro atoms. The van der Waals surface area contributed by atoms with Crippen molar-refractivity contribution in [2.75, 3.05) is 26.7 Å². The fraction of sp³-hybridized carbons (Fsp3) is 0.857. The van der Waals surface area contributed by atoms with Crippen LogP contribution in [0.2, 0.25) is 0 Å². The number of hydroxylamine groups is 2. The Labute approximate surface area is 66.7 Å². The zero-order valence-electron chi connectivity index (χ0n) is 6.99. The highest BCUT2D eigenvalue weighted by Gasteiger charge is 2.21. The first-order valence-electron chi connectivity index (χ1n) is 3.78. The predicted molar refractivity (Wildman–Crippen MR) is 40.8 cm³/mol. The highest BCUT2D eigenvalue weighted by molar-refractivity contribution is 5.47. The average molecular weight is 158 g/mol. The summed E-state index contributed by atoms with van der Waals surface area (Å²) in [4.78, 5) is 17.3. The van der Waals surface area contributed by atoms with Gasteiger partial charge < -0.3 is 9.74 Å². The number of hydrogen-bond donors (Lipinski definition) is 0. The van der Waals surface area contributed by atoms with Crippen LogP contribution >= 0.6 is 0 Å². The lowest BCUT2D eigenvalue weighted by molar-refractivity contribution is -0.165. The number of amides is 1. The first kappa shape index (κ1) is 8.49. The minimum absolute atomic E-state index is 0.265. The molecule has 4 nitrogen and oxygen atoms in total. The molecule has 1 fully saturated rings. The van der Waals surface area contributed by atoms with E-state index in [0.29, 0.717) is 0 Å². The minimum atomic E-state index is 0.265. The van der Waals surface area contributed by atoms with E-state index < -0.39 is 0 Å². The highest BCUT2D eigenvalue weighted by Crippen LogP contribution is 2.06. The van der Waals surface area contributed by atoms with E-state index in [0.717, 1.165) is 26.0 Å². The molecule has 4 heteroatoms. The van der Waals surface area contributed by atoms with E-state index in [1.165, 1.54) is 0 Å². The Morgan fingerprint density at radius 3 is 2.73 bits per heavy atom. The molecule has 0 aromatic heterocycles. The lowest BCUT2D eigenvalue weighted by Gasteiger charge is -2.36. The summed E-state index contributed by atoms with van der Waals surface area (Å²) in [6.07, 6.45) is 0.900. The van der Waals surface area contributed by atoms with Gasteiger partial charge in [-0.05, 0) is 6.92 Å². The van der Waals surface area contributed by atoms with Gasteiger partial charge in [-0.25, -0.2) is 0 Å². The van der Waals surface area contributed by atoms with Gasteiger partial charge in [0.25, 0.3) is 0 Å². The minimum Gasteiger partial charge on any atom is -0.340 e. The Kier molecular flexibility index (Phi) is 2.84. The van der Waals surface area contributed by atoms with Gasteiger partial charge in [-0.15, -0.1) is 0 Å². The molecule has 1 rings (SSSR count). The van der Waals surface area contributed by atoms with Gasteiger partial charge in [-0.2, -0.15) is 5.06 Å². The largest absolute Gasteiger partial charge is 0.340 e. The Morgan fingerprint density at radius 1 is 1.55 bits per heavy atom. The standard InChI is InChI=1S/C7H14N2O2/c1-7-5-9(11-2)4-3-8(7)6-10/h6-7H,3-5H2,1-2H3. The van der Waals surface area contributed by atoms with Crippen LogP contribution in [-0.2, 0) is 9.63 Å². The van der Waals surface area contributed by atoms with Gasteiger partial charge in [0.05, 0.1) is 7.11 Å². The lowest BCUT2D eigenvalue weighted by Crippen LogP contribution is -2.50. The molecular weight excluding hydrogens is 144 g/mol. The first-order valence-corrected chi connectivity index (χ1v) is 3.78. The van der Waals surface area contributed by atoms with Gasteiger partial charge >= 0.3 is 0 Å². The summed E-state index contributed by atoms with van der Waals surface area (Å²) in [5, 5.41) is 1.87. The van der Waals surface area contributed by atoms with Crippen molar-refractivity contribution in [1.29, 1.82) is 0 Å². The number of carbonyl (C=O) groups excluding carboxylic acids is 1. The molecule has 0 aromatic rings. The average Bonchev–Trinajstić information content (AvgIpc) is 2.04. The summed E-state index contributed by atoms with van der Waals surface area (Å²) in [5.74, 6) is 0. The maximum Gasteiger partial charge on any atom is 0.210 e. The summed E-state index contributed by atoms with van der Waals surface area (Å²) in [6, 6.07) is 0.265. The van der Waals surface area contributed by atoms with E-state index in [-0.39, 0.29) is 6.04 Å². The Balaban J connectivity index is 2.40. The molecule has 1 unspecified atom stereocenters. The fourth-order valence-corrected chi connectivity index (χ4v) is 1.26. The van der Waals surface area contributed by atoms with Crippen molar-refractivity contribution >= 4 is 6.41 Å². The van der Waals surface area contributed by atoms with Gasteiger partial charge in [0.1, 0.15) is 0 Å². The van der Waals surface area contributed by atoms with E-state index in [9.17, 15) is 4.79 Å². The number of nitrogens with zero attached hydrogens (tertiary/aromatic N) is 2. The molecule has 1 aliphatic rings. The number of carbonyl (C=O) groups is 1. The van der Waals surface area contributed by atoms with Crippen molar-refractivity contribution in [3.63, 3.8) is 0 Å². The van der Waals surface area contributed by atoms with Crippen molar-refractivity contribution in [3.05, 3.63) is 0 Å². The molecule has 0 aliphatic carbocycles. The summed E-state index contributed by atoms with van der Waals surface area (Å²) in [6.45, 7) is 4.38. The molecule has 1 saturated heterocycles. The second-order valence-corrected chi connectivity index (χ2v) is 2.76. The van der Waals surface area contributed by atoms with Crippen LogP contribution in [0.15, 0.2) is 0 Å². The van der Waals surface area contributed by atoms with Crippen LogP contribution < -0.4 is 0 Å². The Morgan fingerprint density at radius 2 is 2.27 bits per heavy atom. The number of hydrogen-bond acceptors (Lipinski definition) is 3. The van der Waals surface area contributed by atoms with Crippen molar-refractivity contribution in [2.24, 2.45) is 0 Å². The van der Waals surface area contributed by atoms with Crippen LogP contribution in [-0.4, -0.2) is 49.2 Å². The maximum atomic E-state index is 10.4. The van der Waals surface area contributed by atoms with Gasteiger partial charge in [0.2, 0.25) is 6.41 Å². The Hall–Kier alpha value is -0.610. The third-order valence-corrected chi connectivity index (χ3v) is 2.04. The fourth-order valence-electron chi connectivity index (χ4n) is 1.26. The SMILES string of the molecule is CON1CCN(C=O)C(C)C1. The van der Waals surface area contributed by atoms with E-state index >= 15 is 0 Å². The monoisotopic (exact) mass is 158 g/mol. The van der Waals surface area contributed by atoms with Crippen LogP contribution in [0.1, 0.15) is 6.92 Å². The maximum absolute atomic E-state index is 10.4. The predicted octanol–water partition coefficient (Wildman–Crippen LogP) is -0.290. The topological polar surface area (TPSA) is 32.8 Å². The number of rotatable bonds is 2. The zero-order chi connectivity index (χ0) is 8.27. The quantitative estimate of drug-likeness (QED) is 0.518. The van der Waals surface area contributed by atoms with Crippen LogP contribution in [0.5, 0.6) is 0 Å². The summed E-state index contributed by atoms with van der Waals surface area (Å²) in [5.41, 5.74) is 0. The van der Waals surface area contributed by atoms with Crippen molar-refractivity contribution in [3.8, 4) is 0 Å². The molecule has 64 valence electrons. The van der Waals surface area contributed by atoms with E-state index in [1.807, 2.05) is 12.0 Å². The molecule has 0 N–H and O–H groups in total. The molecule has 0 bridgehead atoms. The van der Waals surface area contributed by atoms with Crippen molar-refractivity contribution in [2.45, 2.75) is 13.0 Å². The smallest absolute Gasteiger partial charge is 0.210 e. The lowest BCUT2D eigenvalue weighted by atomic mass is 10.2. The molecule has 0 radical (unpaired) electrons. The first-order chi connectivity index (χ1) is 5.27. The van der Waals surface area contributed by atoms with Crippen molar-refractivity contribution in [1.82, 2.24) is 9.96 Å². The Bertz CT molecular complexity index is 140. The van der Waals surface area contributed by atoms with Crippen LogP contribution in [0.4, 0.5) is 0 Å². The highest BCUT2D eigenvalue weighted by atomic mass is 16.7. The van der Waals surface area contributed by atoms with Crippen LogP contribution in [0.25, 0.3) is 0 Å². The zero-order valence-corrected chi connectivity index (χ0v) is 6.99. The normalized spacial score (nSPS) is 27.1. The summed E-state index contributed by atoms with van der Waals surface area (Å²) >= 11 is 0. The third-order valence-electron chi connectivity index (χ3n) is 2.04. The summed E-state index contributed by atoms with van der Waals surface area (Å²) in [7, 11) is 1.66. The van der Waals surface area contributed by atoms with Crippen molar-refractivity contribution < 1.29 is 9.63 Å². The third kappa shape index (κ3) is 1.91. The summed E-state index contributed by atoms with van der Waals surface area (Å²) < 4.78 is 0. The second kappa shape index (κ2) is 3.69. The molecular formula is C7H14N2O2. The van der Waals surface area contributed by atoms with Crippen LogP contribution in [0, 0.1) is 0 Å². The van der Waals surface area contributed by atoms with E-state index in [2.05, 4.69) is 0 Å². The van der Waals surface area contributed by atoms with E-state index in [4.69, 9.17) is 4.84 Å². The molecule has 1 heterocycles. The second-order valence-electron chi connectivity index (χ2n) is 2.76. The molecule has 1 amide bonds. The molecule has 1 aliphatic heterocycles. The van der Waals surface area contributed by atoms with Crippen LogP contribution in [0.3, 0.4) is 0 Å². The molecule has 0 aromatic carbocycles. The van der Waals surface area contributed by atoms with E-state index in [1.54, 1.807) is 12.0 Å². The number of piperazine rings is 1. The van der Waals surface area contributed by atoms with Gasteiger partial charge in [0, 0.05) is 25.7 Å². The van der Waals surface area contributed by atoms with Gasteiger partial charge in [-0.1, -0.05) is 0 Å². The van der Waals surface area contributed by atoms with Gasteiger partial charge in [-0.3, -0.25) is 4.79 Å².